The van der Waals surface area contributed by atoms with Gasteiger partial charge in [-0.25, -0.2) is 4.79 Å². The minimum atomic E-state index is -1.22. The van der Waals surface area contributed by atoms with E-state index in [0.29, 0.717) is 0 Å². The van der Waals surface area contributed by atoms with Gasteiger partial charge in [0.25, 0.3) is 0 Å². The number of benzene rings is 2. The smallest absolute Gasteiger partial charge is 0.336 e. The molecular weight excluding hydrogens is 268 g/mol. The first-order valence-electron chi connectivity index (χ1n) is 5.34. The summed E-state index contributed by atoms with van der Waals surface area (Å²) in [7, 11) is 0. The van der Waals surface area contributed by atoms with E-state index in [0.717, 1.165) is 0 Å². The highest BCUT2D eigenvalue weighted by molar-refractivity contribution is 6.31. The molecule has 2 aromatic carbocycles. The second-order valence-corrected chi connectivity index (χ2v) is 4.26. The molecule has 96 valence electrons. The topological polar surface area (TPSA) is 77.4 Å². The number of carbonyl (C=O) groups excluding carboxylic acids is 1. The lowest BCUT2D eigenvalue weighted by Crippen LogP contribution is -2.11. The molecule has 0 spiro atoms. The van der Waals surface area contributed by atoms with E-state index in [1.54, 1.807) is 0 Å². The number of rotatable bonds is 3. The van der Waals surface area contributed by atoms with Crippen molar-refractivity contribution in [3.63, 3.8) is 0 Å². The summed E-state index contributed by atoms with van der Waals surface area (Å²) in [6.45, 7) is 0. The van der Waals surface area contributed by atoms with Crippen LogP contribution in [0.3, 0.4) is 0 Å². The third-order valence-electron chi connectivity index (χ3n) is 2.59. The van der Waals surface area contributed by atoms with Gasteiger partial charge in [0.1, 0.15) is 0 Å². The van der Waals surface area contributed by atoms with Crippen molar-refractivity contribution in [3.8, 4) is 5.75 Å². The molecule has 4 nitrogen and oxygen atoms in total. The molecule has 0 amide bonds. The molecule has 0 aromatic heterocycles. The van der Waals surface area contributed by atoms with Crippen LogP contribution in [0.1, 0.15) is 26.3 Å². The highest BCUT2D eigenvalue weighted by atomic mass is 35.5. The van der Waals surface area contributed by atoms with E-state index in [1.165, 1.54) is 42.5 Å². The van der Waals surface area contributed by atoms with Gasteiger partial charge in [0.05, 0.1) is 5.56 Å². The number of halogens is 1. The van der Waals surface area contributed by atoms with Crippen molar-refractivity contribution >= 4 is 23.4 Å². The van der Waals surface area contributed by atoms with Crippen LogP contribution in [0.25, 0.3) is 0 Å². The molecule has 0 atom stereocenters. The Kier molecular flexibility index (Phi) is 3.53. The number of hydrogen-bond acceptors (Lipinski definition) is 3. The Bertz CT molecular complexity index is 664. The normalized spacial score (nSPS) is 10.2. The molecule has 0 aliphatic heterocycles. The first-order chi connectivity index (χ1) is 9.00. The molecule has 0 bridgehead atoms. The maximum atomic E-state index is 12.2. The van der Waals surface area contributed by atoms with Gasteiger partial charge in [-0.1, -0.05) is 41.6 Å². The van der Waals surface area contributed by atoms with Gasteiger partial charge in [-0.15, -0.1) is 0 Å². The number of carboxylic acids is 1. The Labute approximate surface area is 113 Å². The van der Waals surface area contributed by atoms with E-state index in [1.807, 2.05) is 0 Å². The van der Waals surface area contributed by atoms with E-state index in [-0.39, 0.29) is 21.7 Å². The van der Waals surface area contributed by atoms with Crippen LogP contribution in [-0.4, -0.2) is 16.9 Å². The summed E-state index contributed by atoms with van der Waals surface area (Å²) in [5.74, 6) is -2.36. The summed E-state index contributed by atoms with van der Waals surface area (Å²) >= 11 is 5.74. The molecule has 0 heterocycles. The van der Waals surface area contributed by atoms with Gasteiger partial charge in [0.2, 0.25) is 0 Å². The van der Waals surface area contributed by atoms with Crippen molar-refractivity contribution < 1.29 is 19.8 Å². The zero-order valence-electron chi connectivity index (χ0n) is 9.59. The summed E-state index contributed by atoms with van der Waals surface area (Å²) in [6, 6.07) is 9.52. The monoisotopic (exact) mass is 275 g/mol. The summed E-state index contributed by atoms with van der Waals surface area (Å²) in [6.07, 6.45) is 0. The summed E-state index contributed by atoms with van der Waals surface area (Å²) in [5, 5.41) is 20.9. The molecule has 0 fully saturated rings. The molecule has 0 aliphatic rings. The van der Waals surface area contributed by atoms with Crippen molar-refractivity contribution in [2.75, 3.05) is 0 Å². The summed E-state index contributed by atoms with van der Waals surface area (Å²) in [4.78, 5) is 23.3. The predicted octanol–water partition coefficient (Wildman–Crippen LogP) is 2.34. The maximum absolute atomic E-state index is 12.2. The Morgan fingerprint density at radius 1 is 1.00 bits per heavy atom. The minimum Gasteiger partial charge on any atom is -0.872 e. The maximum Gasteiger partial charge on any atom is 0.336 e. The highest BCUT2D eigenvalue weighted by Gasteiger charge is 2.17. The molecular formula is C14H8ClO4-. The van der Waals surface area contributed by atoms with Crippen LogP contribution in [0.15, 0.2) is 42.5 Å². The lowest BCUT2D eigenvalue weighted by atomic mass is 9.98. The second-order valence-electron chi connectivity index (χ2n) is 3.82. The van der Waals surface area contributed by atoms with Crippen LogP contribution in [0.4, 0.5) is 0 Å². The average molecular weight is 276 g/mol. The van der Waals surface area contributed by atoms with Gasteiger partial charge >= 0.3 is 5.97 Å². The number of aromatic carboxylic acids is 1. The van der Waals surface area contributed by atoms with E-state index >= 15 is 0 Å². The van der Waals surface area contributed by atoms with Gasteiger partial charge < -0.3 is 10.2 Å². The Hall–Kier alpha value is -2.33. The van der Waals surface area contributed by atoms with Gasteiger partial charge in [0.15, 0.2) is 5.78 Å². The predicted molar refractivity (Wildman–Crippen MR) is 67.7 cm³/mol. The molecule has 0 aliphatic carbocycles. The van der Waals surface area contributed by atoms with Crippen LogP contribution >= 0.6 is 11.6 Å². The molecule has 0 saturated carbocycles. The Morgan fingerprint density at radius 2 is 1.63 bits per heavy atom. The molecule has 0 radical (unpaired) electrons. The number of hydrogen-bond donors (Lipinski definition) is 1. The number of carboxylic acid groups (broad SMARTS) is 1. The van der Waals surface area contributed by atoms with Crippen LogP contribution in [-0.2, 0) is 0 Å². The van der Waals surface area contributed by atoms with Gasteiger partial charge in [-0.05, 0) is 18.2 Å². The van der Waals surface area contributed by atoms with E-state index in [9.17, 15) is 14.7 Å². The standard InChI is InChI=1S/C14H9ClO4/c15-8-5-6-12(16)11(7-8)13(17)9-3-1-2-4-10(9)14(18)19/h1-7,16H,(H,18,19)/p-1. The van der Waals surface area contributed by atoms with Crippen LogP contribution in [0.5, 0.6) is 5.75 Å². The fourth-order valence-electron chi connectivity index (χ4n) is 1.69. The van der Waals surface area contributed by atoms with Gasteiger partial charge in [-0.2, -0.15) is 0 Å². The summed E-state index contributed by atoms with van der Waals surface area (Å²) in [5.41, 5.74) is -0.317. The second kappa shape index (κ2) is 5.12. The number of ketones is 1. The zero-order chi connectivity index (χ0) is 14.0. The molecule has 0 unspecified atom stereocenters. The minimum absolute atomic E-state index is 0.0330. The SMILES string of the molecule is O=C(O)c1ccccc1C(=O)c1cc(Cl)ccc1[O-]. The highest BCUT2D eigenvalue weighted by Crippen LogP contribution is 2.23. The molecule has 2 aromatic rings. The molecule has 5 heteroatoms. The van der Waals surface area contributed by atoms with Crippen molar-refractivity contribution in [3.05, 3.63) is 64.2 Å². The van der Waals surface area contributed by atoms with Crippen molar-refractivity contribution in [2.45, 2.75) is 0 Å². The van der Waals surface area contributed by atoms with E-state index < -0.39 is 17.5 Å². The quantitative estimate of drug-likeness (QED) is 0.872. The summed E-state index contributed by atoms with van der Waals surface area (Å²) < 4.78 is 0. The van der Waals surface area contributed by atoms with Crippen molar-refractivity contribution in [1.29, 1.82) is 0 Å². The van der Waals surface area contributed by atoms with E-state index in [2.05, 4.69) is 0 Å². The van der Waals surface area contributed by atoms with Crippen LogP contribution < -0.4 is 5.11 Å². The lowest BCUT2D eigenvalue weighted by Gasteiger charge is -2.13. The van der Waals surface area contributed by atoms with Gasteiger partial charge in [-0.3, -0.25) is 4.79 Å². The third kappa shape index (κ3) is 2.58. The molecule has 0 saturated heterocycles. The van der Waals surface area contributed by atoms with Crippen molar-refractivity contribution in [1.82, 2.24) is 0 Å². The van der Waals surface area contributed by atoms with E-state index in [4.69, 9.17) is 16.7 Å². The largest absolute Gasteiger partial charge is 0.872 e. The fourth-order valence-corrected chi connectivity index (χ4v) is 1.86. The molecule has 19 heavy (non-hydrogen) atoms. The zero-order valence-corrected chi connectivity index (χ0v) is 10.3. The third-order valence-corrected chi connectivity index (χ3v) is 2.82. The van der Waals surface area contributed by atoms with Crippen LogP contribution in [0.2, 0.25) is 5.02 Å². The average Bonchev–Trinajstić information content (AvgIpc) is 2.40. The Balaban J connectivity index is 2.56. The Morgan fingerprint density at radius 3 is 2.26 bits per heavy atom. The molecule has 2 rings (SSSR count). The van der Waals surface area contributed by atoms with Crippen molar-refractivity contribution in [2.24, 2.45) is 0 Å². The van der Waals surface area contributed by atoms with Crippen LogP contribution in [0, 0.1) is 0 Å². The first kappa shape index (κ1) is 13.1. The number of carbonyl (C=O) groups is 2. The van der Waals surface area contributed by atoms with Gasteiger partial charge in [0, 0.05) is 16.1 Å². The fraction of sp³-hybridized carbons (Fsp3) is 0. The lowest BCUT2D eigenvalue weighted by molar-refractivity contribution is -0.268. The first-order valence-corrected chi connectivity index (χ1v) is 5.72. The molecule has 1 N–H and O–H groups in total.